The molecule has 0 spiro atoms. The molecule has 0 bridgehead atoms. The fourth-order valence-corrected chi connectivity index (χ4v) is 2.53. The number of carbonyl (C=O) groups is 2. The van der Waals surface area contributed by atoms with Crippen molar-refractivity contribution in [1.82, 2.24) is 4.72 Å². The summed E-state index contributed by atoms with van der Waals surface area (Å²) < 4.78 is 61.9. The summed E-state index contributed by atoms with van der Waals surface area (Å²) in [5, 5.41) is 1.58. The van der Waals surface area contributed by atoms with Crippen LogP contribution in [0, 0.1) is 0 Å². The number of unbranched alkanes of at least 4 members (excludes halogenated alkanes) is 1. The summed E-state index contributed by atoms with van der Waals surface area (Å²) in [4.78, 5) is 21.9. The molecule has 0 aromatic heterocycles. The molecule has 0 atom stereocenters. The van der Waals surface area contributed by atoms with Crippen LogP contribution in [-0.4, -0.2) is 26.4 Å². The third-order valence-electron chi connectivity index (χ3n) is 2.69. The normalized spacial score (nSPS) is 11.8. The Bertz CT molecular complexity index is 669. The Morgan fingerprint density at radius 1 is 1.13 bits per heavy atom. The quantitative estimate of drug-likeness (QED) is 0.821. The van der Waals surface area contributed by atoms with E-state index in [0.29, 0.717) is 6.42 Å². The van der Waals surface area contributed by atoms with Gasteiger partial charge in [0, 0.05) is 12.1 Å². The van der Waals surface area contributed by atoms with Crippen LogP contribution >= 0.6 is 0 Å². The van der Waals surface area contributed by atoms with Gasteiger partial charge in [-0.1, -0.05) is 13.3 Å². The minimum absolute atomic E-state index is 0.0510. The fraction of sp³-hybridized carbons (Fsp3) is 0.385. The summed E-state index contributed by atoms with van der Waals surface area (Å²) >= 11 is 0. The second-order valence-corrected chi connectivity index (χ2v) is 6.29. The van der Waals surface area contributed by atoms with Gasteiger partial charge in [0.05, 0.1) is 4.90 Å². The Morgan fingerprint density at radius 3 is 2.17 bits per heavy atom. The molecule has 2 amide bonds. The topological polar surface area (TPSA) is 92.3 Å². The van der Waals surface area contributed by atoms with Crippen molar-refractivity contribution in [3.63, 3.8) is 0 Å². The van der Waals surface area contributed by atoms with E-state index in [1.54, 1.807) is 5.32 Å². The van der Waals surface area contributed by atoms with Gasteiger partial charge in [-0.25, -0.2) is 13.1 Å². The van der Waals surface area contributed by atoms with Crippen molar-refractivity contribution < 1.29 is 31.2 Å². The minimum Gasteiger partial charge on any atom is -0.318 e. The SMILES string of the molecule is CCCCC(=O)NS(=O)(=O)c1ccc(NC(=O)C(F)(F)F)cc1. The number of halogens is 3. The molecule has 23 heavy (non-hydrogen) atoms. The summed E-state index contributed by atoms with van der Waals surface area (Å²) in [5.74, 6) is -2.83. The molecule has 1 aromatic carbocycles. The summed E-state index contributed by atoms with van der Waals surface area (Å²) in [5.41, 5.74) is -0.219. The van der Waals surface area contributed by atoms with E-state index >= 15 is 0 Å². The van der Waals surface area contributed by atoms with Crippen LogP contribution in [-0.2, 0) is 19.6 Å². The molecule has 1 rings (SSSR count). The van der Waals surface area contributed by atoms with Gasteiger partial charge in [0.25, 0.3) is 10.0 Å². The maximum absolute atomic E-state index is 12.1. The lowest BCUT2D eigenvalue weighted by atomic mass is 10.2. The van der Waals surface area contributed by atoms with Crippen molar-refractivity contribution in [3.05, 3.63) is 24.3 Å². The standard InChI is InChI=1S/C13H15F3N2O4S/c1-2-3-4-11(19)18-23(21,22)10-7-5-9(6-8-10)17-12(20)13(14,15)16/h5-8H,2-4H2,1H3,(H,17,20)(H,18,19). The summed E-state index contributed by atoms with van der Waals surface area (Å²) in [6, 6.07) is 3.96. The number of hydrogen-bond acceptors (Lipinski definition) is 4. The van der Waals surface area contributed by atoms with Gasteiger partial charge in [0.15, 0.2) is 0 Å². The molecule has 0 fully saturated rings. The van der Waals surface area contributed by atoms with E-state index < -0.39 is 28.0 Å². The number of alkyl halides is 3. The molecular weight excluding hydrogens is 337 g/mol. The molecule has 0 radical (unpaired) electrons. The van der Waals surface area contributed by atoms with Gasteiger partial charge in [-0.3, -0.25) is 9.59 Å². The number of amides is 2. The highest BCUT2D eigenvalue weighted by molar-refractivity contribution is 7.90. The minimum atomic E-state index is -5.04. The third kappa shape index (κ3) is 5.89. The van der Waals surface area contributed by atoms with Gasteiger partial charge in [-0.2, -0.15) is 13.2 Å². The highest BCUT2D eigenvalue weighted by atomic mass is 32.2. The number of rotatable bonds is 6. The van der Waals surface area contributed by atoms with Crippen LogP contribution in [0.25, 0.3) is 0 Å². The highest BCUT2D eigenvalue weighted by Crippen LogP contribution is 2.19. The molecule has 6 nitrogen and oxygen atoms in total. The number of nitrogens with one attached hydrogen (secondary N) is 2. The Balaban J connectivity index is 2.79. The molecule has 0 aliphatic heterocycles. The van der Waals surface area contributed by atoms with E-state index in [1.807, 2.05) is 11.6 Å². The summed E-state index contributed by atoms with van der Waals surface area (Å²) in [6.07, 6.45) is -3.74. The second-order valence-electron chi connectivity index (χ2n) is 4.61. The van der Waals surface area contributed by atoms with Crippen molar-refractivity contribution >= 4 is 27.5 Å². The monoisotopic (exact) mass is 352 g/mol. The Labute approximate surface area is 131 Å². The van der Waals surface area contributed by atoms with Gasteiger partial charge in [0.1, 0.15) is 0 Å². The second kappa shape index (κ2) is 7.44. The average Bonchev–Trinajstić information content (AvgIpc) is 2.44. The van der Waals surface area contributed by atoms with Crippen LogP contribution in [0.5, 0.6) is 0 Å². The summed E-state index contributed by atoms with van der Waals surface area (Å²) in [6.45, 7) is 1.84. The van der Waals surface area contributed by atoms with Gasteiger partial charge < -0.3 is 5.32 Å². The largest absolute Gasteiger partial charge is 0.471 e. The zero-order valence-electron chi connectivity index (χ0n) is 12.1. The predicted octanol–water partition coefficient (Wildman–Crippen LogP) is 2.18. The first-order chi connectivity index (χ1) is 10.6. The number of anilines is 1. The molecule has 10 heteroatoms. The lowest BCUT2D eigenvalue weighted by molar-refractivity contribution is -0.167. The van der Waals surface area contributed by atoms with E-state index in [9.17, 15) is 31.2 Å². The lowest BCUT2D eigenvalue weighted by Gasteiger charge is -2.09. The van der Waals surface area contributed by atoms with Gasteiger partial charge in [-0.15, -0.1) is 0 Å². The third-order valence-corrected chi connectivity index (χ3v) is 4.07. The van der Waals surface area contributed by atoms with Gasteiger partial charge >= 0.3 is 12.1 Å². The van der Waals surface area contributed by atoms with Crippen LogP contribution < -0.4 is 10.0 Å². The van der Waals surface area contributed by atoms with Crippen molar-refractivity contribution in [2.24, 2.45) is 0 Å². The van der Waals surface area contributed by atoms with E-state index in [1.165, 1.54) is 0 Å². The van der Waals surface area contributed by atoms with E-state index in [-0.39, 0.29) is 17.0 Å². The number of hydrogen-bond donors (Lipinski definition) is 2. The van der Waals surface area contributed by atoms with Crippen molar-refractivity contribution in [2.75, 3.05) is 5.32 Å². The Morgan fingerprint density at radius 2 is 1.70 bits per heavy atom. The zero-order chi connectivity index (χ0) is 17.7. The molecule has 0 aliphatic carbocycles. The Hall–Kier alpha value is -2.10. The molecule has 0 unspecified atom stereocenters. The van der Waals surface area contributed by atoms with Crippen LogP contribution in [0.3, 0.4) is 0 Å². The van der Waals surface area contributed by atoms with Crippen molar-refractivity contribution in [2.45, 2.75) is 37.3 Å². The van der Waals surface area contributed by atoms with E-state index in [2.05, 4.69) is 0 Å². The molecule has 1 aromatic rings. The molecule has 2 N–H and O–H groups in total. The summed E-state index contributed by atoms with van der Waals surface area (Å²) in [7, 11) is -4.10. The predicted molar refractivity (Wildman–Crippen MR) is 76.0 cm³/mol. The molecule has 0 saturated heterocycles. The fourth-order valence-electron chi connectivity index (χ4n) is 1.52. The molecule has 0 saturated carbocycles. The van der Waals surface area contributed by atoms with Gasteiger partial charge in [-0.05, 0) is 30.7 Å². The van der Waals surface area contributed by atoms with Crippen LogP contribution in [0.1, 0.15) is 26.2 Å². The molecule has 128 valence electrons. The smallest absolute Gasteiger partial charge is 0.318 e. The number of benzene rings is 1. The first kappa shape index (κ1) is 18.9. The van der Waals surface area contributed by atoms with E-state index in [0.717, 1.165) is 30.7 Å². The average molecular weight is 352 g/mol. The van der Waals surface area contributed by atoms with Crippen LogP contribution in [0.2, 0.25) is 0 Å². The van der Waals surface area contributed by atoms with E-state index in [4.69, 9.17) is 0 Å². The Kier molecular flexibility index (Phi) is 6.13. The lowest BCUT2D eigenvalue weighted by Crippen LogP contribution is -2.31. The first-order valence-electron chi connectivity index (χ1n) is 6.60. The van der Waals surface area contributed by atoms with Crippen molar-refractivity contribution in [1.29, 1.82) is 0 Å². The van der Waals surface area contributed by atoms with Crippen LogP contribution in [0.4, 0.5) is 18.9 Å². The molecular formula is C13H15F3N2O4S. The number of sulfonamides is 1. The maximum atomic E-state index is 12.1. The highest BCUT2D eigenvalue weighted by Gasteiger charge is 2.38. The van der Waals surface area contributed by atoms with Gasteiger partial charge in [0.2, 0.25) is 5.91 Å². The maximum Gasteiger partial charge on any atom is 0.471 e. The number of carbonyl (C=O) groups excluding carboxylic acids is 2. The van der Waals surface area contributed by atoms with Crippen molar-refractivity contribution in [3.8, 4) is 0 Å². The molecule has 0 heterocycles. The molecule has 0 aliphatic rings. The first-order valence-corrected chi connectivity index (χ1v) is 8.08. The zero-order valence-corrected chi connectivity index (χ0v) is 12.9. The van der Waals surface area contributed by atoms with Crippen LogP contribution in [0.15, 0.2) is 29.2 Å².